The molecule has 0 aromatic heterocycles. The molecule has 1 aliphatic rings. The number of carbonyl (C=O) groups is 2. The number of halogens is 2. The van der Waals surface area contributed by atoms with Crippen LogP contribution in [0.2, 0.25) is 10.0 Å². The summed E-state index contributed by atoms with van der Waals surface area (Å²) in [5.74, 6) is -0.561. The van der Waals surface area contributed by atoms with Crippen LogP contribution in [0.5, 0.6) is 0 Å². The monoisotopic (exact) mass is 389 g/mol. The second-order valence-electron chi connectivity index (χ2n) is 5.19. The molecule has 2 amide bonds. The Morgan fingerprint density at radius 1 is 1.50 bits per heavy atom. The van der Waals surface area contributed by atoms with Gasteiger partial charge in [-0.05, 0) is 19.1 Å². The standard InChI is InChI=1S/C15H17Cl2N3O3S/c1-8(7-23-2)18-15-20-14(22)11(24-15)6-12(21)19-10-5-3-4-9(16)13(10)17/h3-5,8,11H,6-7H2,1-2H3,(H,19,21)(H,18,20,22)/t8-,11+/m0/s1. The lowest BCUT2D eigenvalue weighted by Gasteiger charge is -2.09. The van der Waals surface area contributed by atoms with Gasteiger partial charge in [-0.25, -0.2) is 0 Å². The third-order valence-electron chi connectivity index (χ3n) is 3.12. The van der Waals surface area contributed by atoms with Gasteiger partial charge < -0.3 is 15.4 Å². The summed E-state index contributed by atoms with van der Waals surface area (Å²) >= 11 is 13.2. The molecule has 0 bridgehead atoms. The molecule has 24 heavy (non-hydrogen) atoms. The number of ether oxygens (including phenoxy) is 1. The minimum Gasteiger partial charge on any atom is -0.382 e. The molecule has 6 nitrogen and oxygen atoms in total. The van der Waals surface area contributed by atoms with Crippen molar-refractivity contribution in [3.8, 4) is 0 Å². The summed E-state index contributed by atoms with van der Waals surface area (Å²) in [4.78, 5) is 28.4. The maximum atomic E-state index is 12.1. The van der Waals surface area contributed by atoms with Crippen LogP contribution < -0.4 is 10.6 Å². The smallest absolute Gasteiger partial charge is 0.240 e. The fraction of sp³-hybridized carbons (Fsp3) is 0.400. The Morgan fingerprint density at radius 2 is 2.25 bits per heavy atom. The molecule has 2 N–H and O–H groups in total. The number of nitrogens with zero attached hydrogens (tertiary/aromatic N) is 1. The van der Waals surface area contributed by atoms with E-state index in [0.717, 1.165) is 0 Å². The van der Waals surface area contributed by atoms with E-state index in [1.54, 1.807) is 25.3 Å². The lowest BCUT2D eigenvalue weighted by atomic mass is 10.2. The zero-order valence-electron chi connectivity index (χ0n) is 13.1. The molecule has 1 heterocycles. The number of amides is 2. The number of thioether (sulfide) groups is 1. The highest BCUT2D eigenvalue weighted by Gasteiger charge is 2.32. The van der Waals surface area contributed by atoms with E-state index in [1.807, 2.05) is 6.92 Å². The molecule has 1 aliphatic heterocycles. The van der Waals surface area contributed by atoms with Crippen LogP contribution in [0.1, 0.15) is 13.3 Å². The van der Waals surface area contributed by atoms with Crippen molar-refractivity contribution in [2.75, 3.05) is 19.0 Å². The predicted octanol–water partition coefficient (Wildman–Crippen LogP) is 2.94. The fourth-order valence-corrected chi connectivity index (χ4v) is 3.47. The molecule has 1 aromatic carbocycles. The van der Waals surface area contributed by atoms with Crippen molar-refractivity contribution in [1.29, 1.82) is 0 Å². The van der Waals surface area contributed by atoms with E-state index >= 15 is 0 Å². The maximum Gasteiger partial charge on any atom is 0.240 e. The van der Waals surface area contributed by atoms with Gasteiger partial charge >= 0.3 is 0 Å². The van der Waals surface area contributed by atoms with Crippen LogP contribution in [0, 0.1) is 0 Å². The molecule has 9 heteroatoms. The molecular formula is C15H17Cl2N3O3S. The molecule has 0 saturated carbocycles. The van der Waals surface area contributed by atoms with E-state index in [4.69, 9.17) is 27.9 Å². The van der Waals surface area contributed by atoms with Crippen molar-refractivity contribution in [3.63, 3.8) is 0 Å². The van der Waals surface area contributed by atoms with Crippen LogP contribution in [0.25, 0.3) is 0 Å². The zero-order valence-corrected chi connectivity index (χ0v) is 15.5. The average molecular weight is 390 g/mol. The molecule has 0 radical (unpaired) electrons. The molecule has 2 atom stereocenters. The summed E-state index contributed by atoms with van der Waals surface area (Å²) in [5.41, 5.74) is 0.417. The molecule has 0 spiro atoms. The second-order valence-corrected chi connectivity index (χ2v) is 7.16. The van der Waals surface area contributed by atoms with Crippen molar-refractivity contribution in [2.45, 2.75) is 24.6 Å². The summed E-state index contributed by atoms with van der Waals surface area (Å²) in [6.45, 7) is 2.34. The van der Waals surface area contributed by atoms with E-state index in [-0.39, 0.29) is 29.3 Å². The van der Waals surface area contributed by atoms with Crippen molar-refractivity contribution in [2.24, 2.45) is 4.99 Å². The van der Waals surface area contributed by atoms with Gasteiger partial charge in [0, 0.05) is 13.5 Å². The number of hydrogen-bond donors (Lipinski definition) is 2. The maximum absolute atomic E-state index is 12.1. The Labute approximate surface area is 154 Å². The van der Waals surface area contributed by atoms with Crippen LogP contribution in [0.3, 0.4) is 0 Å². The van der Waals surface area contributed by atoms with Gasteiger partial charge in [-0.15, -0.1) is 0 Å². The first kappa shape index (κ1) is 19.1. The molecule has 130 valence electrons. The molecule has 0 unspecified atom stereocenters. The van der Waals surface area contributed by atoms with E-state index < -0.39 is 5.25 Å². The van der Waals surface area contributed by atoms with Gasteiger partial charge in [0.25, 0.3) is 0 Å². The Hall–Kier alpha value is -1.28. The highest BCUT2D eigenvalue weighted by atomic mass is 35.5. The number of hydrogen-bond acceptors (Lipinski definition) is 5. The van der Waals surface area contributed by atoms with Gasteiger partial charge in [-0.2, -0.15) is 0 Å². The van der Waals surface area contributed by atoms with Crippen molar-refractivity contribution < 1.29 is 14.3 Å². The second kappa shape index (κ2) is 8.71. The normalized spacial score (nSPS) is 20.1. The third-order valence-corrected chi connectivity index (χ3v) is 5.03. The third kappa shape index (κ3) is 5.11. The summed E-state index contributed by atoms with van der Waals surface area (Å²) in [5, 5.41) is 5.93. The van der Waals surface area contributed by atoms with Crippen molar-refractivity contribution in [3.05, 3.63) is 28.2 Å². The summed E-state index contributed by atoms with van der Waals surface area (Å²) in [7, 11) is 1.59. The molecule has 2 rings (SSSR count). The van der Waals surface area contributed by atoms with Crippen LogP contribution >= 0.6 is 35.0 Å². The highest BCUT2D eigenvalue weighted by molar-refractivity contribution is 8.15. The Kier molecular flexibility index (Phi) is 6.91. The van der Waals surface area contributed by atoms with E-state index in [2.05, 4.69) is 15.6 Å². The van der Waals surface area contributed by atoms with E-state index in [1.165, 1.54) is 11.8 Å². The lowest BCUT2D eigenvalue weighted by Crippen LogP contribution is -2.28. The van der Waals surface area contributed by atoms with Gasteiger partial charge in [-0.1, -0.05) is 41.0 Å². The summed E-state index contributed by atoms with van der Waals surface area (Å²) in [6.07, 6.45) is 0.0109. The lowest BCUT2D eigenvalue weighted by molar-refractivity contribution is -0.122. The summed E-state index contributed by atoms with van der Waals surface area (Å²) in [6, 6.07) is 4.88. The quantitative estimate of drug-likeness (QED) is 0.783. The molecule has 1 fully saturated rings. The van der Waals surface area contributed by atoms with Gasteiger partial charge in [0.2, 0.25) is 11.8 Å². The minimum atomic E-state index is -0.531. The Morgan fingerprint density at radius 3 is 2.96 bits per heavy atom. The van der Waals surface area contributed by atoms with Gasteiger partial charge in [-0.3, -0.25) is 14.6 Å². The van der Waals surface area contributed by atoms with Gasteiger partial charge in [0.05, 0.1) is 28.4 Å². The number of nitrogens with one attached hydrogen (secondary N) is 2. The number of methoxy groups -OCH3 is 1. The molecule has 1 aromatic rings. The molecule has 1 saturated heterocycles. The van der Waals surface area contributed by atoms with Crippen LogP contribution in [0.4, 0.5) is 5.69 Å². The molecular weight excluding hydrogens is 373 g/mol. The number of amidine groups is 1. The van der Waals surface area contributed by atoms with Crippen LogP contribution in [-0.4, -0.2) is 42.0 Å². The highest BCUT2D eigenvalue weighted by Crippen LogP contribution is 2.30. The van der Waals surface area contributed by atoms with Gasteiger partial charge in [0.15, 0.2) is 5.17 Å². The fourth-order valence-electron chi connectivity index (χ4n) is 2.05. The van der Waals surface area contributed by atoms with E-state index in [0.29, 0.717) is 22.5 Å². The SMILES string of the molecule is COC[C@H](C)N=C1NC(=O)[C@@H](CC(=O)Nc2cccc(Cl)c2Cl)S1. The number of carbonyl (C=O) groups excluding carboxylic acids is 2. The first-order valence-corrected chi connectivity index (χ1v) is 8.82. The largest absolute Gasteiger partial charge is 0.382 e. The van der Waals surface area contributed by atoms with Crippen molar-refractivity contribution >= 4 is 57.6 Å². The first-order chi connectivity index (χ1) is 11.4. The number of benzene rings is 1. The first-order valence-electron chi connectivity index (χ1n) is 7.18. The number of rotatable bonds is 6. The zero-order chi connectivity index (χ0) is 17.7. The number of anilines is 1. The Balaban J connectivity index is 1.95. The van der Waals surface area contributed by atoms with Gasteiger partial charge in [0.1, 0.15) is 5.25 Å². The molecule has 0 aliphatic carbocycles. The predicted molar refractivity (Wildman–Crippen MR) is 98.0 cm³/mol. The topological polar surface area (TPSA) is 79.8 Å². The minimum absolute atomic E-state index is 0.0109. The van der Waals surface area contributed by atoms with E-state index in [9.17, 15) is 9.59 Å². The van der Waals surface area contributed by atoms with Crippen LogP contribution in [0.15, 0.2) is 23.2 Å². The summed E-state index contributed by atoms with van der Waals surface area (Å²) < 4.78 is 5.00. The Bertz CT molecular complexity index is 669. The average Bonchev–Trinajstić information content (AvgIpc) is 2.83. The van der Waals surface area contributed by atoms with Crippen LogP contribution in [-0.2, 0) is 14.3 Å². The number of aliphatic imine (C=N–C) groups is 1. The van der Waals surface area contributed by atoms with Crippen molar-refractivity contribution in [1.82, 2.24) is 5.32 Å².